The van der Waals surface area contributed by atoms with Gasteiger partial charge in [-0.3, -0.25) is 14.7 Å². The van der Waals surface area contributed by atoms with Crippen molar-refractivity contribution in [3.63, 3.8) is 0 Å². The van der Waals surface area contributed by atoms with Crippen LogP contribution in [0.4, 0.5) is 0 Å². The van der Waals surface area contributed by atoms with E-state index in [1.807, 2.05) is 0 Å². The van der Waals surface area contributed by atoms with Crippen LogP contribution in [0.2, 0.25) is 0 Å². The molecule has 3 aliphatic rings. The van der Waals surface area contributed by atoms with Gasteiger partial charge in [-0.05, 0) is 38.8 Å². The number of allylic oxidation sites excluding steroid dienone is 4. The zero-order chi connectivity index (χ0) is 29.9. The Hall–Kier alpha value is -2.15. The van der Waals surface area contributed by atoms with Crippen LogP contribution in [0.3, 0.4) is 0 Å². The standard InChI is InChI=1S/C25H30N4O10S2.K/c1-3-38-24(32)20-18(22(30)28(26-20)16-10-12-40(34,35)14-16)8-6-5-7-9-19-21(25(33)39-4-2)27-29(23(19)31)17-11-13-41(36,37)15-17;/h5-9,16-17,26H,3-4,10-15H2,1-2H3;/q;+1/b7-5+,8-6+,19-9-;. The Labute approximate surface area is 285 Å². The van der Waals surface area contributed by atoms with Crippen molar-refractivity contribution in [3.05, 3.63) is 51.5 Å². The van der Waals surface area contributed by atoms with Crippen LogP contribution in [0.25, 0.3) is 6.08 Å². The van der Waals surface area contributed by atoms with Gasteiger partial charge in [-0.1, -0.05) is 18.2 Å². The molecule has 222 valence electrons. The van der Waals surface area contributed by atoms with E-state index in [0.29, 0.717) is 0 Å². The SMILES string of the molecule is CCOC(=O)C1=NN(C2CCS(=O)(=O)C2)C(=O)\C1=C/C=C/C=C/c1c(C(=O)OCC)[nH]n(C2CCS(=O)(=O)C2)c1=O.[K+]. The molecule has 4 rings (SSSR count). The summed E-state index contributed by atoms with van der Waals surface area (Å²) in [6, 6.07) is -1.34. The molecule has 0 bridgehead atoms. The summed E-state index contributed by atoms with van der Waals surface area (Å²) in [4.78, 5) is 51.1. The van der Waals surface area contributed by atoms with Gasteiger partial charge >= 0.3 is 63.3 Å². The monoisotopic (exact) mass is 649 g/mol. The first-order valence-corrected chi connectivity index (χ1v) is 16.6. The molecule has 0 radical (unpaired) electrons. The molecular weight excluding hydrogens is 620 g/mol. The smallest absolute Gasteiger partial charge is 0.461 e. The van der Waals surface area contributed by atoms with Crippen molar-refractivity contribution in [1.82, 2.24) is 14.8 Å². The van der Waals surface area contributed by atoms with E-state index in [4.69, 9.17) is 9.47 Å². The van der Waals surface area contributed by atoms with Gasteiger partial charge in [0.05, 0.1) is 59.4 Å². The van der Waals surface area contributed by atoms with E-state index in [0.717, 1.165) is 9.69 Å². The van der Waals surface area contributed by atoms with Gasteiger partial charge in [0.2, 0.25) is 0 Å². The molecular formula is C25H30KN4O10S2+. The summed E-state index contributed by atoms with van der Waals surface area (Å²) in [6.07, 6.45) is 7.35. The van der Waals surface area contributed by atoms with Crippen LogP contribution in [0.5, 0.6) is 0 Å². The molecule has 1 aromatic heterocycles. The fraction of sp³-hybridized carbons (Fsp3) is 0.480. The van der Waals surface area contributed by atoms with Crippen molar-refractivity contribution in [3.8, 4) is 0 Å². The predicted molar refractivity (Wildman–Crippen MR) is 148 cm³/mol. The molecule has 42 heavy (non-hydrogen) atoms. The zero-order valence-electron chi connectivity index (χ0n) is 23.4. The second-order valence-electron chi connectivity index (χ2n) is 9.55. The number of aromatic amines is 1. The molecule has 1 N–H and O–H groups in total. The Kier molecular flexibility index (Phi) is 11.5. The van der Waals surface area contributed by atoms with Crippen LogP contribution in [0, 0.1) is 0 Å². The number of H-pyrrole nitrogens is 1. The number of carbonyl (C=O) groups excluding carboxylic acids is 3. The van der Waals surface area contributed by atoms with Crippen LogP contribution in [0.15, 0.2) is 39.8 Å². The van der Waals surface area contributed by atoms with E-state index in [2.05, 4.69) is 10.2 Å². The molecule has 2 fully saturated rings. The van der Waals surface area contributed by atoms with E-state index < -0.39 is 55.2 Å². The Morgan fingerprint density at radius 1 is 0.929 bits per heavy atom. The van der Waals surface area contributed by atoms with Gasteiger partial charge in [-0.15, -0.1) is 0 Å². The van der Waals surface area contributed by atoms with Crippen molar-refractivity contribution in [2.45, 2.75) is 38.8 Å². The molecule has 2 atom stereocenters. The van der Waals surface area contributed by atoms with E-state index in [9.17, 15) is 36.0 Å². The van der Waals surface area contributed by atoms with Crippen molar-refractivity contribution >= 4 is 49.3 Å². The number of nitrogens with one attached hydrogen (secondary N) is 1. The predicted octanol–water partition coefficient (Wildman–Crippen LogP) is -2.84. The Morgan fingerprint density at radius 3 is 2.10 bits per heavy atom. The average Bonchev–Trinajstić information content (AvgIpc) is 3.63. The Bertz CT molecular complexity index is 1650. The minimum atomic E-state index is -3.31. The number of sulfone groups is 2. The van der Waals surface area contributed by atoms with Gasteiger partial charge in [0.25, 0.3) is 11.5 Å². The number of hydrogen-bond acceptors (Lipinski definition) is 11. The first-order chi connectivity index (χ1) is 19.4. The summed E-state index contributed by atoms with van der Waals surface area (Å²) >= 11 is 0. The quantitative estimate of drug-likeness (QED) is 0.126. The molecule has 0 saturated carbocycles. The molecule has 0 aliphatic carbocycles. The second kappa shape index (κ2) is 14.1. The number of amides is 1. The van der Waals surface area contributed by atoms with E-state index >= 15 is 0 Å². The Balaban J connectivity index is 0.00000484. The summed E-state index contributed by atoms with van der Waals surface area (Å²) < 4.78 is 58.8. The van der Waals surface area contributed by atoms with Crippen molar-refractivity contribution in [1.29, 1.82) is 0 Å². The summed E-state index contributed by atoms with van der Waals surface area (Å²) in [7, 11) is -6.61. The molecule has 14 nitrogen and oxygen atoms in total. The van der Waals surface area contributed by atoms with Crippen LogP contribution in [0.1, 0.15) is 48.8 Å². The number of hydrogen-bond donors (Lipinski definition) is 1. The number of esters is 2. The minimum absolute atomic E-state index is 0. The molecule has 0 aromatic carbocycles. The molecule has 3 aliphatic heterocycles. The van der Waals surface area contributed by atoms with Gasteiger partial charge in [0.1, 0.15) is 0 Å². The van der Waals surface area contributed by atoms with Crippen LogP contribution >= 0.6 is 0 Å². The summed E-state index contributed by atoms with van der Waals surface area (Å²) in [5.74, 6) is -2.89. The summed E-state index contributed by atoms with van der Waals surface area (Å²) in [6.45, 7) is 3.30. The molecule has 2 saturated heterocycles. The third-order valence-electron chi connectivity index (χ3n) is 6.68. The van der Waals surface area contributed by atoms with Gasteiger partial charge in [0, 0.05) is 0 Å². The molecule has 4 heterocycles. The fourth-order valence-corrected chi connectivity index (χ4v) is 8.13. The number of carbonyl (C=O) groups is 3. The molecule has 1 amide bonds. The minimum Gasteiger partial charge on any atom is -0.461 e. The van der Waals surface area contributed by atoms with E-state index in [-0.39, 0.29) is 123 Å². The van der Waals surface area contributed by atoms with Gasteiger partial charge < -0.3 is 9.47 Å². The first kappa shape index (κ1) is 34.3. The zero-order valence-corrected chi connectivity index (χ0v) is 28.2. The van der Waals surface area contributed by atoms with Gasteiger partial charge in [0.15, 0.2) is 31.1 Å². The maximum atomic E-state index is 13.1. The maximum absolute atomic E-state index is 13.1. The van der Waals surface area contributed by atoms with E-state index in [1.54, 1.807) is 13.8 Å². The van der Waals surface area contributed by atoms with E-state index in [1.165, 1.54) is 30.4 Å². The fourth-order valence-electron chi connectivity index (χ4n) is 4.73. The largest absolute Gasteiger partial charge is 1.00 e. The van der Waals surface area contributed by atoms with Gasteiger partial charge in [-0.25, -0.2) is 36.1 Å². The first-order valence-electron chi connectivity index (χ1n) is 12.9. The Morgan fingerprint density at radius 2 is 1.52 bits per heavy atom. The third kappa shape index (κ3) is 7.67. The number of nitrogens with zero attached hydrogens (tertiary/aromatic N) is 3. The van der Waals surface area contributed by atoms with Crippen molar-refractivity contribution in [2.24, 2.45) is 5.10 Å². The third-order valence-corrected chi connectivity index (χ3v) is 10.2. The maximum Gasteiger partial charge on any atom is 1.00 e. The molecule has 1 aromatic rings. The number of hydrazone groups is 1. The molecule has 17 heteroatoms. The normalized spacial score (nSPS) is 24.0. The van der Waals surface area contributed by atoms with Crippen molar-refractivity contribution in [2.75, 3.05) is 36.2 Å². The summed E-state index contributed by atoms with van der Waals surface area (Å²) in [5, 5.41) is 7.77. The van der Waals surface area contributed by atoms with Gasteiger partial charge in [-0.2, -0.15) is 5.10 Å². The van der Waals surface area contributed by atoms with Crippen LogP contribution < -0.4 is 56.9 Å². The van der Waals surface area contributed by atoms with Crippen molar-refractivity contribution < 1.29 is 92.1 Å². The van der Waals surface area contributed by atoms with Crippen LogP contribution in [-0.2, 0) is 38.7 Å². The average molecular weight is 650 g/mol. The molecule has 0 spiro atoms. The second-order valence-corrected chi connectivity index (χ2v) is 14.0. The van der Waals surface area contributed by atoms with Crippen LogP contribution in [-0.4, -0.2) is 97.4 Å². The number of aromatic nitrogens is 2. The topological polar surface area (TPSA) is 191 Å². The number of ether oxygens (including phenoxy) is 2. The summed E-state index contributed by atoms with van der Waals surface area (Å²) in [5.41, 5.74) is -1.10. The molecule has 2 unspecified atom stereocenters. The number of rotatable bonds is 9.